The van der Waals surface area contributed by atoms with Gasteiger partial charge in [0.25, 0.3) is 0 Å². The minimum absolute atomic E-state index is 0.194. The van der Waals surface area contributed by atoms with Crippen LogP contribution in [0.3, 0.4) is 0 Å². The molecular weight excluding hydrogens is 240 g/mol. The summed E-state index contributed by atoms with van der Waals surface area (Å²) in [5.74, 6) is -0.194. The highest BCUT2D eigenvalue weighted by molar-refractivity contribution is 5.75. The molecule has 1 rings (SSSR count). The van der Waals surface area contributed by atoms with E-state index in [1.165, 1.54) is 18.4 Å². The second kappa shape index (κ2) is 7.79. The molecule has 106 valence electrons. The maximum Gasteiger partial charge on any atom is 0.322 e. The van der Waals surface area contributed by atoms with Gasteiger partial charge in [-0.05, 0) is 31.5 Å². The zero-order valence-corrected chi connectivity index (χ0v) is 12.3. The van der Waals surface area contributed by atoms with Crippen LogP contribution in [0.1, 0.15) is 18.9 Å². The zero-order valence-electron chi connectivity index (χ0n) is 12.3. The number of esters is 1. The van der Waals surface area contributed by atoms with Crippen molar-refractivity contribution in [2.75, 3.05) is 32.1 Å². The van der Waals surface area contributed by atoms with Gasteiger partial charge in [0.05, 0.1) is 7.11 Å². The quantitative estimate of drug-likeness (QED) is 0.765. The number of nitrogens with one attached hydrogen (secondary N) is 1. The lowest BCUT2D eigenvalue weighted by molar-refractivity contribution is -0.143. The molecule has 0 aliphatic rings. The summed E-state index contributed by atoms with van der Waals surface area (Å²) in [4.78, 5) is 13.8. The molecule has 0 amide bonds. The minimum atomic E-state index is -0.235. The van der Waals surface area contributed by atoms with Crippen molar-refractivity contribution in [1.29, 1.82) is 0 Å². The number of anilines is 1. The second-order valence-electron chi connectivity index (χ2n) is 4.63. The lowest BCUT2D eigenvalue weighted by Gasteiger charge is -2.24. The van der Waals surface area contributed by atoms with E-state index in [1.807, 2.05) is 26.1 Å². The number of nitrogens with zero attached hydrogens (tertiary/aromatic N) is 1. The monoisotopic (exact) mass is 264 g/mol. The molecule has 1 unspecified atom stereocenters. The molecule has 0 saturated carbocycles. The molecule has 1 aromatic rings. The largest absolute Gasteiger partial charge is 0.468 e. The summed E-state index contributed by atoms with van der Waals surface area (Å²) in [5, 5.41) is 3.15. The van der Waals surface area contributed by atoms with Crippen LogP contribution in [0, 0.1) is 6.92 Å². The van der Waals surface area contributed by atoms with Crippen LogP contribution >= 0.6 is 0 Å². The summed E-state index contributed by atoms with van der Waals surface area (Å²) in [6, 6.07) is 8.01. The molecule has 0 aliphatic heterocycles. The van der Waals surface area contributed by atoms with Crippen molar-refractivity contribution in [3.63, 3.8) is 0 Å². The second-order valence-corrected chi connectivity index (χ2v) is 4.63. The summed E-state index contributed by atoms with van der Waals surface area (Å²) in [6.45, 7) is 5.64. The van der Waals surface area contributed by atoms with Crippen molar-refractivity contribution in [2.45, 2.75) is 26.3 Å². The number of ether oxygens (including phenoxy) is 1. The first-order chi connectivity index (χ1) is 9.10. The highest BCUT2D eigenvalue weighted by atomic mass is 16.5. The number of hydrogen-bond donors (Lipinski definition) is 1. The van der Waals surface area contributed by atoms with Gasteiger partial charge in [0, 0.05) is 19.3 Å². The standard InChI is InChI=1S/C15H24N2O2/c1-5-16-13(15(18)19-4)10-11-17(3)14-9-7-6-8-12(14)2/h6-9,13,16H,5,10-11H2,1-4H3. The van der Waals surface area contributed by atoms with Crippen LogP contribution in [0.5, 0.6) is 0 Å². The summed E-state index contributed by atoms with van der Waals surface area (Å²) >= 11 is 0. The normalized spacial score (nSPS) is 12.0. The zero-order chi connectivity index (χ0) is 14.3. The van der Waals surface area contributed by atoms with Crippen molar-refractivity contribution in [2.24, 2.45) is 0 Å². The molecule has 1 aromatic carbocycles. The molecular formula is C15H24N2O2. The van der Waals surface area contributed by atoms with E-state index in [0.29, 0.717) is 0 Å². The smallest absolute Gasteiger partial charge is 0.322 e. The van der Waals surface area contributed by atoms with E-state index in [9.17, 15) is 4.79 Å². The van der Waals surface area contributed by atoms with Crippen LogP contribution in [-0.4, -0.2) is 39.3 Å². The number of rotatable bonds is 7. The van der Waals surface area contributed by atoms with Gasteiger partial charge in [0.2, 0.25) is 0 Å². The summed E-state index contributed by atoms with van der Waals surface area (Å²) in [5.41, 5.74) is 2.44. The Morgan fingerprint density at radius 3 is 2.68 bits per heavy atom. The van der Waals surface area contributed by atoms with E-state index < -0.39 is 0 Å². The molecule has 1 N–H and O–H groups in total. The number of benzene rings is 1. The number of carbonyl (C=O) groups excluding carboxylic acids is 1. The van der Waals surface area contributed by atoms with Crippen molar-refractivity contribution >= 4 is 11.7 Å². The number of likely N-dealkylation sites (N-methyl/N-ethyl adjacent to an activating group) is 1. The Balaban J connectivity index is 2.59. The Hall–Kier alpha value is -1.55. The maximum atomic E-state index is 11.6. The first-order valence-corrected chi connectivity index (χ1v) is 6.68. The van der Waals surface area contributed by atoms with Gasteiger partial charge in [0.15, 0.2) is 0 Å². The highest BCUT2D eigenvalue weighted by Crippen LogP contribution is 2.18. The SMILES string of the molecule is CCNC(CCN(C)c1ccccc1C)C(=O)OC. The fourth-order valence-corrected chi connectivity index (χ4v) is 2.13. The molecule has 0 spiro atoms. The van der Waals surface area contributed by atoms with Crippen LogP contribution in [0.4, 0.5) is 5.69 Å². The number of aryl methyl sites for hydroxylation is 1. The number of hydrogen-bond acceptors (Lipinski definition) is 4. The maximum absolute atomic E-state index is 11.6. The Kier molecular flexibility index (Phi) is 6.36. The van der Waals surface area contributed by atoms with Gasteiger partial charge < -0.3 is 15.0 Å². The lowest BCUT2D eigenvalue weighted by atomic mass is 10.1. The average Bonchev–Trinajstić information content (AvgIpc) is 2.42. The van der Waals surface area contributed by atoms with Crippen LogP contribution in [0.25, 0.3) is 0 Å². The molecule has 0 aromatic heterocycles. The van der Waals surface area contributed by atoms with Crippen molar-refractivity contribution in [3.8, 4) is 0 Å². The first-order valence-electron chi connectivity index (χ1n) is 6.68. The van der Waals surface area contributed by atoms with Crippen LogP contribution in [0.15, 0.2) is 24.3 Å². The Bertz CT molecular complexity index is 407. The molecule has 0 bridgehead atoms. The highest BCUT2D eigenvalue weighted by Gasteiger charge is 2.18. The minimum Gasteiger partial charge on any atom is -0.468 e. The molecule has 0 fully saturated rings. The van der Waals surface area contributed by atoms with E-state index in [-0.39, 0.29) is 12.0 Å². The number of para-hydroxylation sites is 1. The fraction of sp³-hybridized carbons (Fsp3) is 0.533. The van der Waals surface area contributed by atoms with E-state index >= 15 is 0 Å². The van der Waals surface area contributed by atoms with Gasteiger partial charge in [-0.1, -0.05) is 25.1 Å². The van der Waals surface area contributed by atoms with Crippen LogP contribution in [0.2, 0.25) is 0 Å². The Morgan fingerprint density at radius 2 is 2.11 bits per heavy atom. The van der Waals surface area contributed by atoms with E-state index in [2.05, 4.69) is 29.3 Å². The number of carbonyl (C=O) groups is 1. The molecule has 4 heteroatoms. The van der Waals surface area contributed by atoms with Gasteiger partial charge in [0.1, 0.15) is 6.04 Å². The predicted octanol–water partition coefficient (Wildman–Crippen LogP) is 1.97. The first kappa shape index (κ1) is 15.5. The lowest BCUT2D eigenvalue weighted by Crippen LogP contribution is -2.40. The van der Waals surface area contributed by atoms with Crippen LogP contribution in [-0.2, 0) is 9.53 Å². The molecule has 0 heterocycles. The third-order valence-electron chi connectivity index (χ3n) is 3.22. The molecule has 1 atom stereocenters. The molecule has 0 radical (unpaired) electrons. The van der Waals surface area contributed by atoms with E-state index in [1.54, 1.807) is 0 Å². The molecule has 4 nitrogen and oxygen atoms in total. The van der Waals surface area contributed by atoms with Gasteiger partial charge >= 0.3 is 5.97 Å². The summed E-state index contributed by atoms with van der Waals surface area (Å²) in [7, 11) is 3.47. The molecule has 0 aliphatic carbocycles. The van der Waals surface area contributed by atoms with Gasteiger partial charge in [-0.2, -0.15) is 0 Å². The van der Waals surface area contributed by atoms with Gasteiger partial charge in [-0.25, -0.2) is 0 Å². The fourth-order valence-electron chi connectivity index (χ4n) is 2.13. The topological polar surface area (TPSA) is 41.6 Å². The van der Waals surface area contributed by atoms with Crippen molar-refractivity contribution in [1.82, 2.24) is 5.32 Å². The third kappa shape index (κ3) is 4.56. The Morgan fingerprint density at radius 1 is 1.42 bits per heavy atom. The summed E-state index contributed by atoms with van der Waals surface area (Å²) < 4.78 is 4.81. The Labute approximate surface area is 115 Å². The molecule has 0 saturated heterocycles. The van der Waals surface area contributed by atoms with Crippen molar-refractivity contribution in [3.05, 3.63) is 29.8 Å². The average molecular weight is 264 g/mol. The van der Waals surface area contributed by atoms with Gasteiger partial charge in [-0.15, -0.1) is 0 Å². The third-order valence-corrected chi connectivity index (χ3v) is 3.22. The predicted molar refractivity (Wildman–Crippen MR) is 78.5 cm³/mol. The van der Waals surface area contributed by atoms with E-state index in [4.69, 9.17) is 4.74 Å². The molecule has 19 heavy (non-hydrogen) atoms. The van der Waals surface area contributed by atoms with Gasteiger partial charge in [-0.3, -0.25) is 4.79 Å². The number of methoxy groups -OCH3 is 1. The van der Waals surface area contributed by atoms with Crippen LogP contribution < -0.4 is 10.2 Å². The summed E-state index contributed by atoms with van der Waals surface area (Å²) in [6.07, 6.45) is 0.728. The van der Waals surface area contributed by atoms with E-state index in [0.717, 1.165) is 19.5 Å². The van der Waals surface area contributed by atoms with Crippen molar-refractivity contribution < 1.29 is 9.53 Å².